The molecule has 0 heterocycles. The summed E-state index contributed by atoms with van der Waals surface area (Å²) in [7, 11) is 0. The molecule has 0 saturated heterocycles. The second-order valence-corrected chi connectivity index (χ2v) is 3.01. The highest BCUT2D eigenvalue weighted by Crippen LogP contribution is 2.25. The van der Waals surface area contributed by atoms with Crippen molar-refractivity contribution in [3.63, 3.8) is 0 Å². The van der Waals surface area contributed by atoms with Crippen LogP contribution in [0.1, 0.15) is 26.2 Å². The molecule has 1 atom stereocenters. The van der Waals surface area contributed by atoms with Crippen molar-refractivity contribution in [1.29, 1.82) is 5.26 Å². The Kier molecular flexibility index (Phi) is 3.51. The Morgan fingerprint density at radius 2 is 2.62 bits per heavy atom. The van der Waals surface area contributed by atoms with Crippen LogP contribution in [0.15, 0.2) is 11.6 Å². The van der Waals surface area contributed by atoms with E-state index in [2.05, 4.69) is 6.07 Å². The summed E-state index contributed by atoms with van der Waals surface area (Å²) in [6.07, 6.45) is 4.46. The molecule has 0 bridgehead atoms. The van der Waals surface area contributed by atoms with Gasteiger partial charge in [-0.25, -0.2) is 0 Å². The van der Waals surface area contributed by atoms with Crippen LogP contribution in [0.4, 0.5) is 0 Å². The fourth-order valence-electron chi connectivity index (χ4n) is 1.49. The first kappa shape index (κ1) is 9.79. The van der Waals surface area contributed by atoms with Crippen LogP contribution < -0.4 is 0 Å². The molecule has 0 aromatic rings. The van der Waals surface area contributed by atoms with E-state index in [1.54, 1.807) is 6.92 Å². The molecule has 1 unspecified atom stereocenters. The summed E-state index contributed by atoms with van der Waals surface area (Å²) >= 11 is 0. The Hall–Kier alpha value is -1.30. The van der Waals surface area contributed by atoms with Gasteiger partial charge in [0.05, 0.1) is 18.6 Å². The number of rotatable bonds is 2. The van der Waals surface area contributed by atoms with Crippen molar-refractivity contribution in [1.82, 2.24) is 0 Å². The summed E-state index contributed by atoms with van der Waals surface area (Å²) < 4.78 is 4.88. The van der Waals surface area contributed by atoms with Crippen LogP contribution >= 0.6 is 0 Å². The maximum Gasteiger partial charge on any atom is 0.314 e. The van der Waals surface area contributed by atoms with Crippen molar-refractivity contribution in [2.24, 2.45) is 5.92 Å². The first-order chi connectivity index (χ1) is 6.29. The Labute approximate surface area is 78.0 Å². The lowest BCUT2D eigenvalue weighted by Gasteiger charge is -2.17. The zero-order chi connectivity index (χ0) is 9.68. The molecular formula is C10H13NO2. The van der Waals surface area contributed by atoms with E-state index < -0.39 is 0 Å². The van der Waals surface area contributed by atoms with E-state index in [9.17, 15) is 4.79 Å². The van der Waals surface area contributed by atoms with Gasteiger partial charge in [0.25, 0.3) is 0 Å². The number of carbonyl (C=O) groups excluding carboxylic acids is 1. The number of carbonyl (C=O) groups is 1. The number of esters is 1. The zero-order valence-corrected chi connectivity index (χ0v) is 7.75. The van der Waals surface area contributed by atoms with Crippen molar-refractivity contribution >= 4 is 5.97 Å². The van der Waals surface area contributed by atoms with E-state index in [4.69, 9.17) is 10.00 Å². The van der Waals surface area contributed by atoms with Gasteiger partial charge in [0.1, 0.15) is 0 Å². The van der Waals surface area contributed by atoms with E-state index in [0.29, 0.717) is 12.2 Å². The molecule has 0 fully saturated rings. The van der Waals surface area contributed by atoms with Gasteiger partial charge in [-0.3, -0.25) is 4.79 Å². The molecule has 0 aromatic carbocycles. The summed E-state index contributed by atoms with van der Waals surface area (Å²) in [5, 5.41) is 8.75. The highest BCUT2D eigenvalue weighted by Gasteiger charge is 2.25. The minimum absolute atomic E-state index is 0.255. The van der Waals surface area contributed by atoms with Crippen molar-refractivity contribution < 1.29 is 9.53 Å². The second kappa shape index (κ2) is 4.66. The molecule has 1 aliphatic rings. The van der Waals surface area contributed by atoms with Crippen molar-refractivity contribution in [2.45, 2.75) is 26.2 Å². The monoisotopic (exact) mass is 179 g/mol. The van der Waals surface area contributed by atoms with Crippen LogP contribution in [0.25, 0.3) is 0 Å². The molecule has 0 amide bonds. The quantitative estimate of drug-likeness (QED) is 0.607. The topological polar surface area (TPSA) is 50.1 Å². The van der Waals surface area contributed by atoms with Crippen molar-refractivity contribution in [3.05, 3.63) is 11.6 Å². The van der Waals surface area contributed by atoms with Gasteiger partial charge in [-0.1, -0.05) is 6.08 Å². The number of ether oxygens (including phenoxy) is 1. The van der Waals surface area contributed by atoms with Gasteiger partial charge < -0.3 is 4.74 Å². The highest BCUT2D eigenvalue weighted by molar-refractivity contribution is 5.77. The average Bonchev–Trinajstić information content (AvgIpc) is 2.18. The van der Waals surface area contributed by atoms with E-state index in [1.165, 1.54) is 0 Å². The summed E-state index contributed by atoms with van der Waals surface area (Å²) in [5.74, 6) is -0.561. The van der Waals surface area contributed by atoms with Crippen molar-refractivity contribution in [2.75, 3.05) is 6.61 Å². The van der Waals surface area contributed by atoms with Gasteiger partial charge in [0.2, 0.25) is 0 Å². The number of hydrogen-bond acceptors (Lipinski definition) is 3. The van der Waals surface area contributed by atoms with Crippen LogP contribution in [-0.2, 0) is 9.53 Å². The second-order valence-electron chi connectivity index (χ2n) is 3.01. The van der Waals surface area contributed by atoms with Gasteiger partial charge in [0, 0.05) is 5.57 Å². The van der Waals surface area contributed by atoms with E-state index in [-0.39, 0.29) is 11.9 Å². The number of allylic oxidation sites excluding steroid dienone is 1. The first-order valence-corrected chi connectivity index (χ1v) is 4.56. The fraction of sp³-hybridized carbons (Fsp3) is 0.600. The molecule has 0 aliphatic heterocycles. The Bertz CT molecular complexity index is 263. The Balaban J connectivity index is 2.68. The molecule has 0 N–H and O–H groups in total. The number of hydrogen-bond donors (Lipinski definition) is 0. The van der Waals surface area contributed by atoms with Crippen LogP contribution in [0, 0.1) is 17.2 Å². The first-order valence-electron chi connectivity index (χ1n) is 4.56. The number of nitriles is 1. The van der Waals surface area contributed by atoms with Crippen LogP contribution in [0.2, 0.25) is 0 Å². The summed E-state index contributed by atoms with van der Waals surface area (Å²) in [6.45, 7) is 2.16. The minimum atomic E-state index is -0.307. The molecule has 70 valence electrons. The normalized spacial score (nSPS) is 21.5. The van der Waals surface area contributed by atoms with Gasteiger partial charge >= 0.3 is 5.97 Å². The molecule has 0 aromatic heterocycles. The third-order valence-corrected chi connectivity index (χ3v) is 2.14. The maximum atomic E-state index is 11.4. The van der Waals surface area contributed by atoms with Crippen molar-refractivity contribution in [3.8, 4) is 6.07 Å². The van der Waals surface area contributed by atoms with Gasteiger partial charge in [0.15, 0.2) is 0 Å². The fourth-order valence-corrected chi connectivity index (χ4v) is 1.49. The highest BCUT2D eigenvalue weighted by atomic mass is 16.5. The van der Waals surface area contributed by atoms with Crippen LogP contribution in [0.5, 0.6) is 0 Å². The van der Waals surface area contributed by atoms with E-state index in [1.807, 2.05) is 6.08 Å². The molecule has 1 aliphatic carbocycles. The molecular weight excluding hydrogens is 166 g/mol. The van der Waals surface area contributed by atoms with Gasteiger partial charge in [-0.05, 0) is 26.2 Å². The summed E-state index contributed by atoms with van der Waals surface area (Å²) in [5.41, 5.74) is 0.574. The van der Waals surface area contributed by atoms with Gasteiger partial charge in [-0.2, -0.15) is 5.26 Å². The molecule has 0 spiro atoms. The SMILES string of the molecule is CCOC(=O)C1CCCC=C1C#N. The minimum Gasteiger partial charge on any atom is -0.466 e. The molecule has 0 saturated carbocycles. The molecule has 3 nitrogen and oxygen atoms in total. The molecule has 13 heavy (non-hydrogen) atoms. The Morgan fingerprint density at radius 1 is 1.85 bits per heavy atom. The molecule has 0 radical (unpaired) electrons. The maximum absolute atomic E-state index is 11.4. The third-order valence-electron chi connectivity index (χ3n) is 2.14. The lowest BCUT2D eigenvalue weighted by atomic mass is 9.88. The lowest BCUT2D eigenvalue weighted by molar-refractivity contribution is -0.146. The Morgan fingerprint density at radius 3 is 3.23 bits per heavy atom. The summed E-state index contributed by atoms with van der Waals surface area (Å²) in [4.78, 5) is 11.4. The average molecular weight is 179 g/mol. The number of nitrogens with zero attached hydrogens (tertiary/aromatic N) is 1. The van der Waals surface area contributed by atoms with Crippen LogP contribution in [0.3, 0.4) is 0 Å². The largest absolute Gasteiger partial charge is 0.466 e. The summed E-state index contributed by atoms with van der Waals surface area (Å²) in [6, 6.07) is 2.05. The smallest absolute Gasteiger partial charge is 0.314 e. The third kappa shape index (κ3) is 2.32. The van der Waals surface area contributed by atoms with E-state index >= 15 is 0 Å². The lowest BCUT2D eigenvalue weighted by Crippen LogP contribution is -2.21. The zero-order valence-electron chi connectivity index (χ0n) is 7.75. The molecule has 1 rings (SSSR count). The predicted molar refractivity (Wildman–Crippen MR) is 47.7 cm³/mol. The molecule has 3 heteroatoms. The standard InChI is InChI=1S/C10H13NO2/c1-2-13-10(12)9-6-4-3-5-8(9)7-11/h5,9H,2-4,6H2,1H3. The van der Waals surface area contributed by atoms with Gasteiger partial charge in [-0.15, -0.1) is 0 Å². The van der Waals surface area contributed by atoms with E-state index in [0.717, 1.165) is 19.3 Å². The predicted octanol–water partition coefficient (Wildman–Crippen LogP) is 1.80. The van der Waals surface area contributed by atoms with Crippen LogP contribution in [-0.4, -0.2) is 12.6 Å².